The number of amides is 1. The number of pyridine rings is 1. The van der Waals surface area contributed by atoms with Crippen LogP contribution in [0.25, 0.3) is 0 Å². The van der Waals surface area contributed by atoms with Crippen molar-refractivity contribution < 1.29 is 31.8 Å². The summed E-state index contributed by atoms with van der Waals surface area (Å²) < 4.78 is 63.7. The van der Waals surface area contributed by atoms with E-state index in [1.54, 1.807) is 0 Å². The van der Waals surface area contributed by atoms with Crippen molar-refractivity contribution in [2.45, 2.75) is 24.7 Å². The van der Waals surface area contributed by atoms with Gasteiger partial charge in [0.2, 0.25) is 12.7 Å². The Hall–Kier alpha value is -3.51. The molecule has 0 spiro atoms. The van der Waals surface area contributed by atoms with E-state index in [1.807, 2.05) is 0 Å². The number of ether oxygens (including phenoxy) is 2. The van der Waals surface area contributed by atoms with Gasteiger partial charge in [-0.15, -0.1) is 0 Å². The molecule has 160 valence electrons. The highest BCUT2D eigenvalue weighted by molar-refractivity contribution is 6.02. The van der Waals surface area contributed by atoms with Gasteiger partial charge in [0.25, 0.3) is 11.9 Å². The summed E-state index contributed by atoms with van der Waals surface area (Å²) in [5.74, 6) is -2.01. The van der Waals surface area contributed by atoms with E-state index >= 15 is 0 Å². The largest absolute Gasteiger partial charge is 0.456 e. The van der Waals surface area contributed by atoms with Crippen LogP contribution < -0.4 is 15.8 Å². The van der Waals surface area contributed by atoms with Gasteiger partial charge in [-0.05, 0) is 19.1 Å². The first kappa shape index (κ1) is 21.2. The predicted octanol–water partition coefficient (Wildman–Crippen LogP) is 1.81. The Morgan fingerprint density at radius 3 is 2.73 bits per heavy atom. The maximum Gasteiger partial charge on any atom is 0.283 e. The number of nitrogens with zero attached hydrogens (tertiary/aromatic N) is 4. The number of nitrogens with two attached hydrogens (primary N) is 1. The van der Waals surface area contributed by atoms with Crippen LogP contribution in [0.15, 0.2) is 29.5 Å². The number of aromatic nitrogens is 3. The number of carbonyl (C=O) groups is 1. The number of aliphatic imine (C=N–C) groups is 1. The summed E-state index contributed by atoms with van der Waals surface area (Å²) in [6.45, 7) is -1.15. The molecular formula is C17H16F4N6O3. The molecule has 13 heteroatoms. The molecule has 1 aliphatic heterocycles. The van der Waals surface area contributed by atoms with Crippen LogP contribution in [0, 0.1) is 5.82 Å². The fraction of sp³-hybridized carbons (Fsp3) is 0.353. The predicted molar refractivity (Wildman–Crippen MR) is 95.5 cm³/mol. The molecule has 0 aliphatic carbocycles. The second-order valence-corrected chi connectivity index (χ2v) is 6.28. The minimum absolute atomic E-state index is 0.129. The Kier molecular flexibility index (Phi) is 5.99. The number of halogens is 4. The average Bonchev–Trinajstić information content (AvgIpc) is 2.72. The average molecular weight is 428 g/mol. The normalized spacial score (nSPS) is 23.3. The number of rotatable bonds is 6. The molecule has 3 rings (SSSR count). The maximum absolute atomic E-state index is 14.8. The highest BCUT2D eigenvalue weighted by Crippen LogP contribution is 2.37. The first-order valence-corrected chi connectivity index (χ1v) is 8.49. The summed E-state index contributed by atoms with van der Waals surface area (Å²) in [6, 6.07) is 1.54. The molecule has 1 amide bonds. The zero-order valence-corrected chi connectivity index (χ0v) is 15.5. The Labute approximate surface area is 167 Å². The molecule has 0 saturated heterocycles. The first-order chi connectivity index (χ1) is 14.3. The van der Waals surface area contributed by atoms with Crippen molar-refractivity contribution in [3.63, 3.8) is 0 Å². The Morgan fingerprint density at radius 2 is 2.10 bits per heavy atom. The van der Waals surface area contributed by atoms with Crippen molar-refractivity contribution in [3.05, 3.63) is 41.7 Å². The van der Waals surface area contributed by atoms with Crippen LogP contribution in [-0.4, -0.2) is 52.7 Å². The number of nitrogens with one attached hydrogen (secondary N) is 1. The quantitative estimate of drug-likeness (QED) is 0.673. The molecule has 0 bridgehead atoms. The number of alkyl halides is 3. The van der Waals surface area contributed by atoms with Gasteiger partial charge in [0, 0.05) is 0 Å². The third-order valence-electron chi connectivity index (χ3n) is 4.26. The van der Waals surface area contributed by atoms with Crippen molar-refractivity contribution in [2.75, 3.05) is 18.9 Å². The number of carbonyl (C=O) groups excluding carboxylic acids is 1. The topological polar surface area (TPSA) is 125 Å². The van der Waals surface area contributed by atoms with Gasteiger partial charge in [0.15, 0.2) is 12.3 Å². The van der Waals surface area contributed by atoms with Gasteiger partial charge in [0.1, 0.15) is 35.2 Å². The Morgan fingerprint density at radius 1 is 1.33 bits per heavy atom. The third-order valence-corrected chi connectivity index (χ3v) is 4.26. The molecule has 3 N–H and O–H groups in total. The molecule has 0 saturated carbocycles. The highest BCUT2D eigenvalue weighted by Gasteiger charge is 2.49. The van der Waals surface area contributed by atoms with E-state index in [2.05, 4.69) is 30.0 Å². The zero-order valence-electron chi connectivity index (χ0n) is 15.5. The molecule has 2 aromatic heterocycles. The van der Waals surface area contributed by atoms with Gasteiger partial charge >= 0.3 is 0 Å². The third kappa shape index (κ3) is 4.09. The molecule has 0 fully saturated rings. The number of hydrogen-bond acceptors (Lipinski definition) is 8. The Bertz CT molecular complexity index is 961. The summed E-state index contributed by atoms with van der Waals surface area (Å²) in [5, 5.41) is 2.34. The molecule has 0 unspecified atom stereocenters. The fourth-order valence-corrected chi connectivity index (χ4v) is 2.80. The van der Waals surface area contributed by atoms with Crippen LogP contribution >= 0.6 is 0 Å². The van der Waals surface area contributed by atoms with Gasteiger partial charge < -0.3 is 20.5 Å². The van der Waals surface area contributed by atoms with E-state index in [4.69, 9.17) is 10.5 Å². The minimum Gasteiger partial charge on any atom is -0.456 e. The van der Waals surface area contributed by atoms with Gasteiger partial charge in [-0.1, -0.05) is 0 Å². The molecule has 0 aromatic carbocycles. The van der Waals surface area contributed by atoms with E-state index < -0.39 is 54.8 Å². The Balaban J connectivity index is 1.88. The molecule has 0 radical (unpaired) electrons. The van der Waals surface area contributed by atoms with Crippen LogP contribution in [0.2, 0.25) is 0 Å². The number of anilines is 1. The van der Waals surface area contributed by atoms with Crippen LogP contribution in [0.1, 0.15) is 23.1 Å². The fourth-order valence-electron chi connectivity index (χ4n) is 2.80. The number of hydrogen-bond donors (Lipinski definition) is 2. The summed E-state index contributed by atoms with van der Waals surface area (Å²) in [6.07, 6.45) is -1.63. The smallest absolute Gasteiger partial charge is 0.283 e. The lowest BCUT2D eigenvalue weighted by Gasteiger charge is -2.36. The van der Waals surface area contributed by atoms with Gasteiger partial charge in [-0.25, -0.2) is 37.5 Å². The van der Waals surface area contributed by atoms with E-state index in [1.165, 1.54) is 6.92 Å². The number of amidine groups is 1. The lowest BCUT2D eigenvalue weighted by molar-refractivity contribution is 0.00315. The summed E-state index contributed by atoms with van der Waals surface area (Å²) in [5.41, 5.74) is 2.81. The lowest BCUT2D eigenvalue weighted by atomic mass is 9.87. The van der Waals surface area contributed by atoms with Crippen molar-refractivity contribution in [2.24, 2.45) is 10.7 Å². The van der Waals surface area contributed by atoms with Gasteiger partial charge in [0.05, 0.1) is 12.4 Å². The SMILES string of the molecule is C[C@]1(c2nc(NC(=O)c3cnc(OCF)cn3)ccc2F)N=C(N)O[C@H](CF)[C@@H]1F. The molecule has 3 atom stereocenters. The maximum atomic E-state index is 14.8. The molecule has 2 aromatic rings. The minimum atomic E-state index is -2.10. The monoisotopic (exact) mass is 428 g/mol. The van der Waals surface area contributed by atoms with Crippen LogP contribution in [-0.2, 0) is 10.3 Å². The van der Waals surface area contributed by atoms with Crippen LogP contribution in [0.3, 0.4) is 0 Å². The van der Waals surface area contributed by atoms with Gasteiger partial charge in [-0.3, -0.25) is 4.79 Å². The standard InChI is InChI=1S/C17H16F4N6O3/c1-17(13(21)10(4-18)30-16(22)27-17)14-8(20)2-3-11(25-14)26-15(28)9-5-24-12(6-23-9)29-7-19/h2-3,5-6,10,13H,4,7H2,1H3,(H2,22,27)(H,25,26,28)/t10-,13+,17+/m1/s1. The van der Waals surface area contributed by atoms with E-state index in [-0.39, 0.29) is 17.4 Å². The molecular weight excluding hydrogens is 412 g/mol. The van der Waals surface area contributed by atoms with Crippen molar-refractivity contribution >= 4 is 17.7 Å². The van der Waals surface area contributed by atoms with E-state index in [0.717, 1.165) is 24.5 Å². The molecule has 30 heavy (non-hydrogen) atoms. The second kappa shape index (κ2) is 8.47. The highest BCUT2D eigenvalue weighted by atomic mass is 19.1. The summed E-state index contributed by atoms with van der Waals surface area (Å²) >= 11 is 0. The summed E-state index contributed by atoms with van der Waals surface area (Å²) in [7, 11) is 0. The molecule has 1 aliphatic rings. The van der Waals surface area contributed by atoms with Crippen molar-refractivity contribution in [1.82, 2.24) is 15.0 Å². The van der Waals surface area contributed by atoms with Crippen molar-refractivity contribution in [3.8, 4) is 5.88 Å². The molecule has 9 nitrogen and oxygen atoms in total. The first-order valence-electron chi connectivity index (χ1n) is 8.49. The van der Waals surface area contributed by atoms with Gasteiger partial charge in [-0.2, -0.15) is 0 Å². The summed E-state index contributed by atoms with van der Waals surface area (Å²) in [4.78, 5) is 27.4. The lowest BCUT2D eigenvalue weighted by Crippen LogP contribution is -2.51. The van der Waals surface area contributed by atoms with Crippen LogP contribution in [0.5, 0.6) is 5.88 Å². The van der Waals surface area contributed by atoms with E-state index in [9.17, 15) is 22.4 Å². The van der Waals surface area contributed by atoms with Crippen LogP contribution in [0.4, 0.5) is 23.4 Å². The molecule has 3 heterocycles. The second-order valence-electron chi connectivity index (χ2n) is 6.28. The van der Waals surface area contributed by atoms with Crippen molar-refractivity contribution in [1.29, 1.82) is 0 Å². The van der Waals surface area contributed by atoms with E-state index in [0.29, 0.717) is 0 Å². The zero-order chi connectivity index (χ0) is 21.9.